The van der Waals surface area contributed by atoms with Crippen LogP contribution in [-0.2, 0) is 0 Å². The van der Waals surface area contributed by atoms with Crippen molar-refractivity contribution in [3.63, 3.8) is 0 Å². The van der Waals surface area contributed by atoms with Gasteiger partial charge in [0.15, 0.2) is 0 Å². The minimum atomic E-state index is -0.235. The molecule has 4 nitrogen and oxygen atoms in total. The predicted molar refractivity (Wildman–Crippen MR) is 77.9 cm³/mol. The Labute approximate surface area is 122 Å². The summed E-state index contributed by atoms with van der Waals surface area (Å²) in [6, 6.07) is 9.85. The number of nitriles is 1. The van der Waals surface area contributed by atoms with Crippen LogP contribution in [0.2, 0.25) is 0 Å². The lowest BCUT2D eigenvalue weighted by Gasteiger charge is -2.40. The van der Waals surface area contributed by atoms with Crippen LogP contribution < -0.4 is 9.80 Å². The summed E-state index contributed by atoms with van der Waals surface area (Å²) in [4.78, 5) is 0.342. The van der Waals surface area contributed by atoms with E-state index in [4.69, 9.17) is 17.0 Å². The van der Waals surface area contributed by atoms with Crippen LogP contribution >= 0.6 is 12.2 Å². The molecule has 0 aromatic heterocycles. The first kappa shape index (κ1) is 13.0. The molecule has 5 heteroatoms. The third kappa shape index (κ3) is 1.78. The Morgan fingerprint density at radius 2 is 2.05 bits per heavy atom. The molecule has 3 atom stereocenters. The summed E-state index contributed by atoms with van der Waals surface area (Å²) in [5.41, 5.74) is 2.71. The molecule has 0 saturated carbocycles. The van der Waals surface area contributed by atoms with Crippen LogP contribution in [0.5, 0.6) is 5.75 Å². The number of benzene rings is 1. The van der Waals surface area contributed by atoms with E-state index in [0.29, 0.717) is 4.99 Å². The van der Waals surface area contributed by atoms with Crippen molar-refractivity contribution in [2.24, 2.45) is 5.92 Å². The predicted octanol–water partition coefficient (Wildman–Crippen LogP) is 1.47. The molecule has 1 aromatic carbocycles. The van der Waals surface area contributed by atoms with Crippen LogP contribution in [0.25, 0.3) is 0 Å². The zero-order valence-corrected chi connectivity index (χ0v) is 11.6. The summed E-state index contributed by atoms with van der Waals surface area (Å²) >= 11 is 5.21. The van der Waals surface area contributed by atoms with Crippen molar-refractivity contribution >= 4 is 17.2 Å². The van der Waals surface area contributed by atoms with Gasteiger partial charge in [0.05, 0.1) is 19.1 Å². The monoisotopic (exact) mass is 284 g/mol. The van der Waals surface area contributed by atoms with E-state index < -0.39 is 0 Å². The van der Waals surface area contributed by atoms with Crippen molar-refractivity contribution in [3.8, 4) is 11.8 Å². The van der Waals surface area contributed by atoms with Gasteiger partial charge < -0.3 is 15.0 Å². The molecular formula is C15H12N2O2S. The van der Waals surface area contributed by atoms with Gasteiger partial charge in [-0.3, -0.25) is 0 Å². The minimum absolute atomic E-state index is 0.109. The number of quaternary nitrogens is 1. The van der Waals surface area contributed by atoms with Gasteiger partial charge in [0.25, 0.3) is 0 Å². The first-order chi connectivity index (χ1) is 9.67. The van der Waals surface area contributed by atoms with E-state index in [9.17, 15) is 10.5 Å². The average Bonchev–Trinajstić information content (AvgIpc) is 2.45. The Hall–Kier alpha value is -2.00. The quantitative estimate of drug-likeness (QED) is 0.660. The summed E-state index contributed by atoms with van der Waals surface area (Å²) in [6.45, 7) is 0. The smallest absolute Gasteiger partial charge is 0.205 e. The van der Waals surface area contributed by atoms with Crippen LogP contribution in [0, 0.1) is 22.5 Å². The zero-order chi connectivity index (χ0) is 14.3. The number of allylic oxidation sites excluding steroid dienone is 2. The van der Waals surface area contributed by atoms with Gasteiger partial charge in [-0.05, 0) is 41.6 Å². The van der Waals surface area contributed by atoms with E-state index in [1.807, 2.05) is 24.3 Å². The first-order valence-corrected chi connectivity index (χ1v) is 6.62. The molecule has 0 amide bonds. The molecule has 1 aromatic rings. The summed E-state index contributed by atoms with van der Waals surface area (Å²) in [7, 11) is 1.61. The van der Waals surface area contributed by atoms with Crippen LogP contribution in [-0.4, -0.2) is 12.1 Å². The Kier molecular flexibility index (Phi) is 3.14. The number of hydrogen-bond donors (Lipinski definition) is 1. The minimum Gasteiger partial charge on any atom is -0.623 e. The highest BCUT2D eigenvalue weighted by Crippen LogP contribution is 2.48. The number of nitrogens with one attached hydrogen (secondary N) is 1. The number of hydroxylamine groups is 2. The number of rotatable bonds is 2. The van der Waals surface area contributed by atoms with Crippen molar-refractivity contribution in [2.45, 2.75) is 5.92 Å². The van der Waals surface area contributed by atoms with Crippen molar-refractivity contribution in [2.75, 3.05) is 7.11 Å². The first-order valence-electron chi connectivity index (χ1n) is 6.21. The van der Waals surface area contributed by atoms with E-state index in [1.165, 1.54) is 6.20 Å². The Morgan fingerprint density at radius 3 is 2.65 bits per heavy atom. The highest BCUT2D eigenvalue weighted by atomic mass is 32.1. The fraction of sp³-hybridized carbons (Fsp3) is 0.200. The second-order valence-corrected chi connectivity index (χ2v) is 5.16. The molecule has 3 unspecified atom stereocenters. The largest absolute Gasteiger partial charge is 0.623 e. The molecule has 0 saturated heterocycles. The van der Waals surface area contributed by atoms with Gasteiger partial charge in [-0.1, -0.05) is 12.1 Å². The van der Waals surface area contributed by atoms with Gasteiger partial charge in [0.2, 0.25) is 4.99 Å². The number of ether oxygens (including phenoxy) is 1. The molecule has 1 heterocycles. The number of nitrogens with zero attached hydrogens (tertiary/aromatic N) is 1. The molecule has 100 valence electrons. The molecule has 1 aliphatic carbocycles. The highest BCUT2D eigenvalue weighted by molar-refractivity contribution is 7.80. The van der Waals surface area contributed by atoms with Crippen molar-refractivity contribution in [1.29, 1.82) is 5.26 Å². The summed E-state index contributed by atoms with van der Waals surface area (Å²) in [5.74, 6) is 0.418. The van der Waals surface area contributed by atoms with Crippen LogP contribution in [0.15, 0.2) is 47.7 Å². The molecule has 0 spiro atoms. The van der Waals surface area contributed by atoms with Gasteiger partial charge in [-0.15, -0.1) is 0 Å². The van der Waals surface area contributed by atoms with E-state index >= 15 is 0 Å². The average molecular weight is 284 g/mol. The number of thiocarbonyl (C=S) groups is 1. The topological polar surface area (TPSA) is 60.5 Å². The Morgan fingerprint density at radius 1 is 1.35 bits per heavy atom. The SMILES string of the molecule is COc1ccc(C2C3=C(C=C[NH+]([O-])C3=S)C2C#N)cc1. The van der Waals surface area contributed by atoms with Crippen LogP contribution in [0.3, 0.4) is 0 Å². The lowest BCUT2D eigenvalue weighted by molar-refractivity contribution is -0.680. The van der Waals surface area contributed by atoms with Gasteiger partial charge in [0, 0.05) is 11.5 Å². The molecular weight excluding hydrogens is 272 g/mol. The molecule has 0 fully saturated rings. The van der Waals surface area contributed by atoms with Gasteiger partial charge in [0.1, 0.15) is 11.9 Å². The van der Waals surface area contributed by atoms with Crippen molar-refractivity contribution < 1.29 is 9.80 Å². The van der Waals surface area contributed by atoms with Crippen molar-refractivity contribution in [3.05, 3.63) is 58.5 Å². The van der Waals surface area contributed by atoms with Gasteiger partial charge >= 0.3 is 0 Å². The third-order valence-corrected chi connectivity index (χ3v) is 4.21. The lowest BCUT2D eigenvalue weighted by atomic mass is 9.64. The summed E-state index contributed by atoms with van der Waals surface area (Å²) < 4.78 is 5.13. The standard InChI is InChI=1S/C15H12N2O2S/c1-19-10-4-2-9(3-5-10)13-12(8-16)11-6-7-17(18)15(20)14(11)13/h2-7,12-13,17H,1H3. The maximum absolute atomic E-state index is 11.7. The number of methoxy groups -OCH3 is 1. The van der Waals surface area contributed by atoms with E-state index in [2.05, 4.69) is 6.07 Å². The normalized spacial score (nSPS) is 27.6. The summed E-state index contributed by atoms with van der Waals surface area (Å²) in [5, 5.41) is 20.9. The Bertz CT molecular complexity index is 670. The fourth-order valence-corrected chi connectivity index (χ4v) is 3.06. The summed E-state index contributed by atoms with van der Waals surface area (Å²) in [6.07, 6.45) is 3.18. The molecule has 0 bridgehead atoms. The van der Waals surface area contributed by atoms with E-state index in [0.717, 1.165) is 22.5 Å². The highest BCUT2D eigenvalue weighted by Gasteiger charge is 2.45. The lowest BCUT2D eigenvalue weighted by Crippen LogP contribution is -3.06. The molecule has 0 radical (unpaired) electrons. The van der Waals surface area contributed by atoms with E-state index in [-0.39, 0.29) is 16.9 Å². The second-order valence-electron chi connectivity index (χ2n) is 4.75. The number of hydrogen-bond acceptors (Lipinski definition) is 4. The van der Waals surface area contributed by atoms with Gasteiger partial charge in [-0.2, -0.15) is 5.26 Å². The van der Waals surface area contributed by atoms with Gasteiger partial charge in [-0.25, -0.2) is 0 Å². The maximum atomic E-state index is 11.7. The second kappa shape index (κ2) is 4.84. The molecule has 20 heavy (non-hydrogen) atoms. The molecule has 3 rings (SSSR count). The fourth-order valence-electron chi connectivity index (χ4n) is 2.75. The molecule has 1 N–H and O–H groups in total. The molecule has 1 aliphatic heterocycles. The van der Waals surface area contributed by atoms with Crippen LogP contribution in [0.1, 0.15) is 11.5 Å². The van der Waals surface area contributed by atoms with E-state index in [1.54, 1.807) is 13.2 Å². The Balaban J connectivity index is 2.01. The third-order valence-electron chi connectivity index (χ3n) is 3.79. The molecule has 2 aliphatic rings. The van der Waals surface area contributed by atoms with Crippen LogP contribution in [0.4, 0.5) is 0 Å². The maximum Gasteiger partial charge on any atom is 0.205 e. The van der Waals surface area contributed by atoms with Crippen molar-refractivity contribution in [1.82, 2.24) is 0 Å². The zero-order valence-electron chi connectivity index (χ0n) is 10.8.